The smallest absolute Gasteiger partial charge is 0.253 e. The van der Waals surface area contributed by atoms with Crippen molar-refractivity contribution in [2.45, 2.75) is 25.7 Å². The van der Waals surface area contributed by atoms with E-state index in [0.29, 0.717) is 30.2 Å². The van der Waals surface area contributed by atoms with Crippen molar-refractivity contribution in [3.05, 3.63) is 59.4 Å². The average Bonchev–Trinajstić information content (AvgIpc) is 3.29. The van der Waals surface area contributed by atoms with Gasteiger partial charge in [-0.3, -0.25) is 4.79 Å². The van der Waals surface area contributed by atoms with Gasteiger partial charge in [0.15, 0.2) is 0 Å². The Morgan fingerprint density at radius 1 is 1.25 bits per heavy atom. The molecule has 5 rings (SSSR count). The van der Waals surface area contributed by atoms with Crippen LogP contribution in [0, 0.1) is 12.7 Å². The maximum Gasteiger partial charge on any atom is 0.253 e. The number of amides is 1. The molecule has 142 valence electrons. The van der Waals surface area contributed by atoms with Crippen LogP contribution in [0.3, 0.4) is 0 Å². The van der Waals surface area contributed by atoms with Gasteiger partial charge in [0.25, 0.3) is 5.91 Å². The molecule has 0 radical (unpaired) electrons. The van der Waals surface area contributed by atoms with Crippen LogP contribution in [-0.4, -0.2) is 43.8 Å². The van der Waals surface area contributed by atoms with Crippen LogP contribution >= 0.6 is 0 Å². The number of fused-ring (bicyclic) bond motifs is 2. The molecule has 28 heavy (non-hydrogen) atoms. The third kappa shape index (κ3) is 2.83. The number of nitrogens with zero attached hydrogens (tertiary/aromatic N) is 3. The molecule has 0 spiro atoms. The van der Waals surface area contributed by atoms with E-state index < -0.39 is 0 Å². The number of aromatic amines is 2. The second-order valence-corrected chi connectivity index (χ2v) is 7.41. The van der Waals surface area contributed by atoms with Crippen LogP contribution in [0.2, 0.25) is 0 Å². The SMILES string of the molecule is Cc1nc2ccc(C(=O)N3CCC(c4c[nH]c5ncc(F)cc45)CC3)cc2[nH]1. The summed E-state index contributed by atoms with van der Waals surface area (Å²) in [5.74, 6) is 0.842. The predicted octanol–water partition coefficient (Wildman–Crippen LogP) is 3.91. The molecule has 0 unspecified atom stereocenters. The molecule has 0 aliphatic carbocycles. The molecular weight excluding hydrogens is 357 g/mol. The second kappa shape index (κ2) is 6.44. The number of rotatable bonds is 2. The standard InChI is InChI=1S/C21H20FN5O/c1-12-25-18-3-2-14(8-19(18)26-12)21(28)27-6-4-13(5-7-27)17-11-24-20-16(17)9-15(22)10-23-20/h2-3,8-11,13H,4-7H2,1H3,(H,23,24)(H,25,26). The Hall–Kier alpha value is -3.22. The normalized spacial score (nSPS) is 15.6. The van der Waals surface area contributed by atoms with Crippen molar-refractivity contribution in [3.63, 3.8) is 0 Å². The van der Waals surface area contributed by atoms with E-state index in [1.54, 1.807) is 0 Å². The minimum absolute atomic E-state index is 0.0410. The lowest BCUT2D eigenvalue weighted by Crippen LogP contribution is -2.37. The van der Waals surface area contributed by atoms with E-state index in [1.807, 2.05) is 36.2 Å². The molecule has 6 nitrogen and oxygen atoms in total. The Balaban J connectivity index is 1.33. The van der Waals surface area contributed by atoms with Gasteiger partial charge in [-0.15, -0.1) is 0 Å². The Morgan fingerprint density at radius 3 is 2.89 bits per heavy atom. The van der Waals surface area contributed by atoms with Crippen molar-refractivity contribution < 1.29 is 9.18 Å². The third-order valence-electron chi connectivity index (χ3n) is 5.60. The third-order valence-corrected chi connectivity index (χ3v) is 5.60. The van der Waals surface area contributed by atoms with E-state index in [2.05, 4.69) is 19.9 Å². The lowest BCUT2D eigenvalue weighted by molar-refractivity contribution is 0.0713. The first-order valence-electron chi connectivity index (χ1n) is 9.46. The molecule has 3 aromatic heterocycles. The van der Waals surface area contributed by atoms with Gasteiger partial charge in [0, 0.05) is 30.2 Å². The van der Waals surface area contributed by atoms with Crippen LogP contribution in [0.1, 0.15) is 40.5 Å². The molecule has 0 saturated carbocycles. The van der Waals surface area contributed by atoms with Crippen LogP contribution in [0.4, 0.5) is 4.39 Å². The number of likely N-dealkylation sites (tertiary alicyclic amines) is 1. The highest BCUT2D eigenvalue weighted by molar-refractivity contribution is 5.97. The van der Waals surface area contributed by atoms with Gasteiger partial charge in [-0.1, -0.05) is 0 Å². The summed E-state index contributed by atoms with van der Waals surface area (Å²) in [6.07, 6.45) is 4.84. The number of carbonyl (C=O) groups excluding carboxylic acids is 1. The number of imidazole rings is 1. The zero-order valence-corrected chi connectivity index (χ0v) is 15.5. The maximum absolute atomic E-state index is 13.6. The van der Waals surface area contributed by atoms with Gasteiger partial charge in [-0.25, -0.2) is 14.4 Å². The van der Waals surface area contributed by atoms with Gasteiger partial charge >= 0.3 is 0 Å². The molecule has 0 atom stereocenters. The number of pyridine rings is 1. The summed E-state index contributed by atoms with van der Waals surface area (Å²) in [6, 6.07) is 7.13. The molecule has 2 N–H and O–H groups in total. The quantitative estimate of drug-likeness (QED) is 0.556. The molecule has 1 amide bonds. The molecule has 4 heterocycles. The fourth-order valence-corrected chi connectivity index (χ4v) is 4.18. The molecular formula is C21H20FN5O. The van der Waals surface area contributed by atoms with Gasteiger partial charge in [-0.05, 0) is 55.5 Å². The van der Waals surface area contributed by atoms with Crippen LogP contribution in [-0.2, 0) is 0 Å². The van der Waals surface area contributed by atoms with E-state index in [9.17, 15) is 9.18 Å². The van der Waals surface area contributed by atoms with Gasteiger partial charge in [0.1, 0.15) is 17.3 Å². The molecule has 4 aromatic rings. The van der Waals surface area contributed by atoms with Crippen molar-refractivity contribution in [3.8, 4) is 0 Å². The molecule has 7 heteroatoms. The van der Waals surface area contributed by atoms with Gasteiger partial charge in [0.05, 0.1) is 17.2 Å². The molecule has 1 aromatic carbocycles. The fourth-order valence-electron chi connectivity index (χ4n) is 4.18. The van der Waals surface area contributed by atoms with E-state index in [-0.39, 0.29) is 11.7 Å². The number of H-pyrrole nitrogens is 2. The van der Waals surface area contributed by atoms with Crippen molar-refractivity contribution in [2.24, 2.45) is 0 Å². The summed E-state index contributed by atoms with van der Waals surface area (Å²) in [6.45, 7) is 3.26. The van der Waals surface area contributed by atoms with E-state index in [0.717, 1.165) is 40.6 Å². The molecule has 1 aliphatic heterocycles. The summed E-state index contributed by atoms with van der Waals surface area (Å²) in [5.41, 5.74) is 4.22. The molecule has 1 aliphatic rings. The maximum atomic E-state index is 13.6. The first-order valence-corrected chi connectivity index (χ1v) is 9.46. The average molecular weight is 377 g/mol. The number of nitrogens with one attached hydrogen (secondary N) is 2. The number of benzene rings is 1. The van der Waals surface area contributed by atoms with Crippen molar-refractivity contribution in [1.82, 2.24) is 24.8 Å². The number of piperidine rings is 1. The van der Waals surface area contributed by atoms with Crippen molar-refractivity contribution in [2.75, 3.05) is 13.1 Å². The Kier molecular flexibility index (Phi) is 3.89. The Labute approximate surface area is 160 Å². The largest absolute Gasteiger partial charge is 0.346 e. The Bertz CT molecular complexity index is 1190. The number of aryl methyl sites for hydroxylation is 1. The topological polar surface area (TPSA) is 77.7 Å². The highest BCUT2D eigenvalue weighted by Gasteiger charge is 2.26. The molecule has 1 fully saturated rings. The first kappa shape index (κ1) is 16.9. The van der Waals surface area contributed by atoms with E-state index >= 15 is 0 Å². The number of hydrogen-bond donors (Lipinski definition) is 2. The Morgan fingerprint density at radius 2 is 2.07 bits per heavy atom. The number of carbonyl (C=O) groups is 1. The summed E-state index contributed by atoms with van der Waals surface area (Å²) in [7, 11) is 0. The van der Waals surface area contributed by atoms with E-state index in [4.69, 9.17) is 0 Å². The summed E-state index contributed by atoms with van der Waals surface area (Å²) in [4.78, 5) is 29.6. The van der Waals surface area contributed by atoms with Crippen LogP contribution < -0.4 is 0 Å². The number of halogens is 1. The van der Waals surface area contributed by atoms with Crippen LogP contribution in [0.25, 0.3) is 22.1 Å². The van der Waals surface area contributed by atoms with Crippen molar-refractivity contribution >= 4 is 28.0 Å². The first-order chi connectivity index (χ1) is 13.6. The monoisotopic (exact) mass is 377 g/mol. The second-order valence-electron chi connectivity index (χ2n) is 7.41. The van der Waals surface area contributed by atoms with Gasteiger partial charge in [0.2, 0.25) is 0 Å². The highest BCUT2D eigenvalue weighted by atomic mass is 19.1. The highest BCUT2D eigenvalue weighted by Crippen LogP contribution is 2.33. The summed E-state index contributed by atoms with van der Waals surface area (Å²) >= 11 is 0. The number of aromatic nitrogens is 4. The predicted molar refractivity (Wildman–Crippen MR) is 105 cm³/mol. The van der Waals surface area contributed by atoms with Crippen LogP contribution in [0.15, 0.2) is 36.7 Å². The summed E-state index contributed by atoms with van der Waals surface area (Å²) < 4.78 is 13.6. The zero-order chi connectivity index (χ0) is 19.3. The van der Waals surface area contributed by atoms with Gasteiger partial charge < -0.3 is 14.9 Å². The van der Waals surface area contributed by atoms with Crippen molar-refractivity contribution in [1.29, 1.82) is 0 Å². The van der Waals surface area contributed by atoms with E-state index in [1.165, 1.54) is 12.3 Å². The lowest BCUT2D eigenvalue weighted by Gasteiger charge is -2.32. The minimum Gasteiger partial charge on any atom is -0.346 e. The zero-order valence-electron chi connectivity index (χ0n) is 15.5. The molecule has 1 saturated heterocycles. The lowest BCUT2D eigenvalue weighted by atomic mass is 9.89. The minimum atomic E-state index is -0.328. The van der Waals surface area contributed by atoms with Gasteiger partial charge in [-0.2, -0.15) is 0 Å². The molecule has 0 bridgehead atoms. The fraction of sp³-hybridized carbons (Fsp3) is 0.286. The summed E-state index contributed by atoms with van der Waals surface area (Å²) in [5, 5.41) is 0.838. The number of hydrogen-bond acceptors (Lipinski definition) is 3. The van der Waals surface area contributed by atoms with Crippen LogP contribution in [0.5, 0.6) is 0 Å².